The molecule has 0 bridgehead atoms. The van der Waals surface area contributed by atoms with Crippen molar-refractivity contribution in [2.45, 2.75) is 74.7 Å². The molecule has 0 saturated carbocycles. The summed E-state index contributed by atoms with van der Waals surface area (Å²) in [6.45, 7) is 8.30. The number of nitrogens with zero attached hydrogens (tertiary/aromatic N) is 6. The molecule has 12 nitrogen and oxygen atoms in total. The Hall–Kier alpha value is -3.26. The lowest BCUT2D eigenvalue weighted by Gasteiger charge is -2.43. The molecular formula is C28H34BrN7O5S. The highest BCUT2D eigenvalue weighted by atomic mass is 79.9. The van der Waals surface area contributed by atoms with Gasteiger partial charge >= 0.3 is 6.09 Å². The molecule has 0 radical (unpaired) electrons. The number of aromatic nitrogens is 4. The Kier molecular flexibility index (Phi) is 7.85. The molecule has 3 aliphatic heterocycles. The standard InChI is InChI=1S/C28H34BrN7O5S/c1-28(2,3)41-27(38)35-11-7-18(35)25(37)34-8-4-16(5-9-34)6-10-36-24-22(23(30)31-14-32-24)33-26(36)42-21-13-20-19(12-17(21)29)39-15-40-20/h12-14,16,18H,4-11,15H2,1-3H3,(H2,30,31,32). The molecule has 0 spiro atoms. The van der Waals surface area contributed by atoms with E-state index < -0.39 is 17.7 Å². The van der Waals surface area contributed by atoms with Crippen molar-refractivity contribution in [2.75, 3.05) is 32.2 Å². The molecule has 2 amide bonds. The van der Waals surface area contributed by atoms with Gasteiger partial charge in [-0.05, 0) is 80.4 Å². The molecule has 2 aromatic heterocycles. The maximum atomic E-state index is 13.2. The number of aryl methyl sites for hydroxylation is 1. The van der Waals surface area contributed by atoms with Gasteiger partial charge in [-0.2, -0.15) is 0 Å². The molecule has 3 aromatic rings. The molecule has 1 aromatic carbocycles. The molecule has 2 saturated heterocycles. The van der Waals surface area contributed by atoms with Crippen LogP contribution in [0.4, 0.5) is 10.6 Å². The van der Waals surface area contributed by atoms with Crippen molar-refractivity contribution in [3.63, 3.8) is 0 Å². The predicted octanol–water partition coefficient (Wildman–Crippen LogP) is 4.69. The van der Waals surface area contributed by atoms with Crippen LogP contribution in [0.5, 0.6) is 11.5 Å². The zero-order valence-corrected chi connectivity index (χ0v) is 26.2. The highest BCUT2D eigenvalue weighted by Crippen LogP contribution is 2.43. The number of carbonyl (C=O) groups is 2. The van der Waals surface area contributed by atoms with Gasteiger partial charge in [0.05, 0.1) is 0 Å². The number of likely N-dealkylation sites (tertiary alicyclic amines) is 2. The summed E-state index contributed by atoms with van der Waals surface area (Å²) in [5, 5.41) is 0.761. The number of halogens is 1. The van der Waals surface area contributed by atoms with Crippen LogP contribution in [-0.2, 0) is 16.1 Å². The summed E-state index contributed by atoms with van der Waals surface area (Å²) >= 11 is 5.15. The zero-order valence-electron chi connectivity index (χ0n) is 23.8. The Morgan fingerprint density at radius 3 is 2.55 bits per heavy atom. The van der Waals surface area contributed by atoms with Crippen LogP contribution in [0, 0.1) is 5.92 Å². The largest absolute Gasteiger partial charge is 0.454 e. The van der Waals surface area contributed by atoms with Crippen molar-refractivity contribution in [1.82, 2.24) is 29.3 Å². The summed E-state index contributed by atoms with van der Waals surface area (Å²) in [5.41, 5.74) is 6.85. The number of anilines is 1. The van der Waals surface area contributed by atoms with E-state index in [0.29, 0.717) is 67.0 Å². The van der Waals surface area contributed by atoms with E-state index in [9.17, 15) is 9.59 Å². The van der Waals surface area contributed by atoms with Gasteiger partial charge in [-0.3, -0.25) is 9.69 Å². The second-order valence-corrected chi connectivity index (χ2v) is 13.6. The summed E-state index contributed by atoms with van der Waals surface area (Å²) in [6, 6.07) is 3.42. The number of nitrogen functional groups attached to an aromatic ring is 1. The molecule has 1 atom stereocenters. The summed E-state index contributed by atoms with van der Waals surface area (Å²) in [6.07, 6.45) is 4.42. The van der Waals surface area contributed by atoms with Crippen LogP contribution in [0.25, 0.3) is 11.2 Å². The van der Waals surface area contributed by atoms with E-state index in [1.165, 1.54) is 18.1 Å². The minimum Gasteiger partial charge on any atom is -0.454 e. The minimum atomic E-state index is -0.587. The third kappa shape index (κ3) is 5.83. The first-order valence-electron chi connectivity index (χ1n) is 14.1. The van der Waals surface area contributed by atoms with Gasteiger partial charge in [0.25, 0.3) is 0 Å². The lowest BCUT2D eigenvalue weighted by Crippen LogP contribution is -2.60. The molecule has 42 heavy (non-hydrogen) atoms. The first-order chi connectivity index (χ1) is 20.1. The number of ether oxygens (including phenoxy) is 3. The van der Waals surface area contributed by atoms with E-state index >= 15 is 0 Å². The number of nitrogens with two attached hydrogens (primary N) is 1. The fraction of sp³-hybridized carbons (Fsp3) is 0.536. The van der Waals surface area contributed by atoms with Gasteiger partial charge in [-0.25, -0.2) is 19.7 Å². The van der Waals surface area contributed by atoms with Crippen molar-refractivity contribution in [1.29, 1.82) is 0 Å². The molecule has 6 rings (SSSR count). The summed E-state index contributed by atoms with van der Waals surface area (Å²) < 4.78 is 19.5. The van der Waals surface area contributed by atoms with Crippen molar-refractivity contribution in [3.8, 4) is 11.5 Å². The van der Waals surface area contributed by atoms with Crippen LogP contribution in [0.1, 0.15) is 46.5 Å². The summed E-state index contributed by atoms with van der Waals surface area (Å²) in [4.78, 5) is 43.6. The van der Waals surface area contributed by atoms with E-state index in [1.807, 2.05) is 37.8 Å². The monoisotopic (exact) mass is 659 g/mol. The molecule has 1 unspecified atom stereocenters. The van der Waals surface area contributed by atoms with Crippen LogP contribution >= 0.6 is 27.7 Å². The molecular weight excluding hydrogens is 626 g/mol. The van der Waals surface area contributed by atoms with Crippen molar-refractivity contribution < 1.29 is 23.8 Å². The van der Waals surface area contributed by atoms with E-state index in [4.69, 9.17) is 24.9 Å². The van der Waals surface area contributed by atoms with Crippen LogP contribution in [0.15, 0.2) is 33.0 Å². The third-order valence-corrected chi connectivity index (χ3v) is 9.74. The summed E-state index contributed by atoms with van der Waals surface area (Å²) in [5.74, 6) is 2.19. The Bertz CT molecular complexity index is 1520. The highest BCUT2D eigenvalue weighted by Gasteiger charge is 2.42. The molecule has 224 valence electrons. The van der Waals surface area contributed by atoms with Gasteiger partial charge in [-0.15, -0.1) is 0 Å². The second kappa shape index (κ2) is 11.4. The van der Waals surface area contributed by atoms with Gasteiger partial charge in [0, 0.05) is 35.5 Å². The van der Waals surface area contributed by atoms with Gasteiger partial charge in [-0.1, -0.05) is 11.8 Å². The lowest BCUT2D eigenvalue weighted by atomic mass is 9.92. The number of rotatable bonds is 6. The Morgan fingerprint density at radius 1 is 1.12 bits per heavy atom. The van der Waals surface area contributed by atoms with Crippen LogP contribution in [-0.4, -0.2) is 79.4 Å². The number of fused-ring (bicyclic) bond motifs is 2. The topological polar surface area (TPSA) is 138 Å². The average molecular weight is 661 g/mol. The fourth-order valence-corrected chi connectivity index (χ4v) is 6.95. The number of hydrogen-bond acceptors (Lipinski definition) is 10. The molecule has 5 heterocycles. The SMILES string of the molecule is CC(C)(C)OC(=O)N1CCC1C(=O)N1CCC(CCn2c(Sc3cc4c(cc3Br)OCO4)nc3c(N)ncnc32)CC1. The molecule has 14 heteroatoms. The normalized spacial score (nSPS) is 18.8. The van der Waals surface area contributed by atoms with Crippen molar-refractivity contribution >= 4 is 56.7 Å². The molecule has 0 aliphatic carbocycles. The lowest BCUT2D eigenvalue weighted by molar-refractivity contribution is -0.142. The average Bonchev–Trinajstić information content (AvgIpc) is 3.50. The first kappa shape index (κ1) is 28.8. The molecule has 3 aliphatic rings. The van der Waals surface area contributed by atoms with Gasteiger partial charge in [0.2, 0.25) is 12.7 Å². The number of benzene rings is 1. The van der Waals surface area contributed by atoms with Crippen LogP contribution in [0.2, 0.25) is 0 Å². The Balaban J connectivity index is 1.10. The predicted molar refractivity (Wildman–Crippen MR) is 159 cm³/mol. The number of amides is 2. The number of piperidine rings is 1. The van der Waals surface area contributed by atoms with Gasteiger partial charge in [0.1, 0.15) is 18.0 Å². The third-order valence-electron chi connectivity index (χ3n) is 7.77. The maximum absolute atomic E-state index is 13.2. The summed E-state index contributed by atoms with van der Waals surface area (Å²) in [7, 11) is 0. The van der Waals surface area contributed by atoms with Crippen molar-refractivity contribution in [3.05, 3.63) is 22.9 Å². The van der Waals surface area contributed by atoms with Crippen molar-refractivity contribution in [2.24, 2.45) is 5.92 Å². The molecule has 2 N–H and O–H groups in total. The number of hydrogen-bond donors (Lipinski definition) is 1. The zero-order chi connectivity index (χ0) is 29.6. The molecule has 2 fully saturated rings. The second-order valence-electron chi connectivity index (χ2n) is 11.8. The number of carbonyl (C=O) groups excluding carboxylic acids is 2. The van der Waals surface area contributed by atoms with E-state index in [2.05, 4.69) is 30.5 Å². The number of imidazole rings is 1. The van der Waals surface area contributed by atoms with E-state index in [-0.39, 0.29) is 12.7 Å². The maximum Gasteiger partial charge on any atom is 0.410 e. The first-order valence-corrected chi connectivity index (χ1v) is 15.7. The quantitative estimate of drug-likeness (QED) is 0.397. The van der Waals surface area contributed by atoms with Gasteiger partial charge in [0.15, 0.2) is 33.6 Å². The van der Waals surface area contributed by atoms with Gasteiger partial charge < -0.3 is 29.4 Å². The van der Waals surface area contributed by atoms with Crippen LogP contribution < -0.4 is 15.2 Å². The van der Waals surface area contributed by atoms with E-state index in [0.717, 1.165) is 33.8 Å². The Labute approximate surface area is 256 Å². The minimum absolute atomic E-state index is 0.0197. The smallest absolute Gasteiger partial charge is 0.410 e. The van der Waals surface area contributed by atoms with Crippen LogP contribution in [0.3, 0.4) is 0 Å². The van der Waals surface area contributed by atoms with E-state index in [1.54, 1.807) is 4.90 Å². The highest BCUT2D eigenvalue weighted by molar-refractivity contribution is 9.10. The fourth-order valence-electron chi connectivity index (χ4n) is 5.44. The Morgan fingerprint density at radius 2 is 1.86 bits per heavy atom.